The molecule has 1 heterocycles. The van der Waals surface area contributed by atoms with Crippen molar-refractivity contribution in [2.45, 2.75) is 31.6 Å². The van der Waals surface area contributed by atoms with E-state index in [2.05, 4.69) is 0 Å². The Labute approximate surface area is 94.3 Å². The minimum atomic E-state index is -1.42. The van der Waals surface area contributed by atoms with Crippen molar-refractivity contribution in [1.82, 2.24) is 0 Å². The van der Waals surface area contributed by atoms with E-state index in [9.17, 15) is 5.11 Å². The number of benzene rings is 1. The molecule has 3 N–H and O–H groups in total. The van der Waals surface area contributed by atoms with Crippen molar-refractivity contribution in [3.05, 3.63) is 29.3 Å². The van der Waals surface area contributed by atoms with Gasteiger partial charge in [0, 0.05) is 6.42 Å². The van der Waals surface area contributed by atoms with E-state index in [0.29, 0.717) is 11.3 Å². The molecule has 0 spiro atoms. The predicted octanol–water partition coefficient (Wildman–Crippen LogP) is 0.919. The summed E-state index contributed by atoms with van der Waals surface area (Å²) in [6, 6.07) is 7.18. The van der Waals surface area contributed by atoms with E-state index in [4.69, 9.17) is 15.7 Å². The molecule has 1 aliphatic rings. The van der Waals surface area contributed by atoms with E-state index in [0.717, 1.165) is 5.56 Å². The zero-order valence-corrected chi connectivity index (χ0v) is 9.32. The molecule has 0 fully saturated rings. The van der Waals surface area contributed by atoms with Gasteiger partial charge in [-0.3, -0.25) is 0 Å². The maximum absolute atomic E-state index is 10.1. The van der Waals surface area contributed by atoms with Crippen LogP contribution in [0, 0.1) is 11.3 Å². The van der Waals surface area contributed by atoms with Gasteiger partial charge >= 0.3 is 0 Å². The molecule has 2 rings (SSSR count). The van der Waals surface area contributed by atoms with Gasteiger partial charge in [0.2, 0.25) is 0 Å². The number of rotatable bonds is 0. The van der Waals surface area contributed by atoms with Crippen molar-refractivity contribution in [2.24, 2.45) is 5.73 Å². The summed E-state index contributed by atoms with van der Waals surface area (Å²) >= 11 is 0. The third-order valence-corrected chi connectivity index (χ3v) is 3.06. The first-order chi connectivity index (χ1) is 7.36. The van der Waals surface area contributed by atoms with Crippen LogP contribution in [0.5, 0.6) is 5.75 Å². The van der Waals surface area contributed by atoms with E-state index < -0.39 is 11.3 Å². The Hall–Kier alpha value is -1.57. The Kier molecular flexibility index (Phi) is 2.19. The van der Waals surface area contributed by atoms with Gasteiger partial charge in [0.15, 0.2) is 5.72 Å². The quantitative estimate of drug-likeness (QED) is 0.634. The van der Waals surface area contributed by atoms with Gasteiger partial charge in [0.1, 0.15) is 11.4 Å². The van der Waals surface area contributed by atoms with E-state index in [1.165, 1.54) is 0 Å². The fourth-order valence-electron chi connectivity index (χ4n) is 1.75. The third kappa shape index (κ3) is 1.54. The van der Waals surface area contributed by atoms with Crippen molar-refractivity contribution in [3.63, 3.8) is 0 Å². The Morgan fingerprint density at radius 1 is 1.50 bits per heavy atom. The average molecular weight is 218 g/mol. The predicted molar refractivity (Wildman–Crippen MR) is 58.7 cm³/mol. The molecule has 0 amide bonds. The average Bonchev–Trinajstić information content (AvgIpc) is 2.18. The lowest BCUT2D eigenvalue weighted by Crippen LogP contribution is -2.63. The van der Waals surface area contributed by atoms with Crippen LogP contribution in [0.1, 0.15) is 25.0 Å². The van der Waals surface area contributed by atoms with Crippen LogP contribution in [0.2, 0.25) is 0 Å². The largest absolute Gasteiger partial charge is 0.483 e. The van der Waals surface area contributed by atoms with E-state index in [-0.39, 0.29) is 6.42 Å². The van der Waals surface area contributed by atoms with Gasteiger partial charge in [-0.2, -0.15) is 5.26 Å². The van der Waals surface area contributed by atoms with Gasteiger partial charge in [-0.15, -0.1) is 0 Å². The van der Waals surface area contributed by atoms with Crippen LogP contribution in [-0.2, 0) is 6.42 Å². The van der Waals surface area contributed by atoms with Crippen molar-refractivity contribution in [1.29, 1.82) is 5.26 Å². The second kappa shape index (κ2) is 3.21. The van der Waals surface area contributed by atoms with Gasteiger partial charge in [0.05, 0.1) is 11.6 Å². The highest BCUT2D eigenvalue weighted by Crippen LogP contribution is 2.37. The summed E-state index contributed by atoms with van der Waals surface area (Å²) < 4.78 is 5.65. The van der Waals surface area contributed by atoms with Crippen LogP contribution in [0.4, 0.5) is 0 Å². The molecule has 0 saturated carbocycles. The van der Waals surface area contributed by atoms with Crippen LogP contribution in [0.3, 0.4) is 0 Å². The lowest BCUT2D eigenvalue weighted by atomic mass is 9.85. The second-order valence-electron chi connectivity index (χ2n) is 4.65. The number of aliphatic hydroxyl groups is 1. The number of nitrogens with zero attached hydrogens (tertiary/aromatic N) is 1. The molecule has 1 aromatic rings. The molecule has 0 aromatic heterocycles. The van der Waals surface area contributed by atoms with Crippen LogP contribution in [-0.4, -0.2) is 16.4 Å². The standard InChI is InChI=1S/C12H14N2O2/c1-11(2)12(14,15)6-9-5-8(7-13)3-4-10(9)16-11/h3-5,15H,6,14H2,1-2H3. The molecular weight excluding hydrogens is 204 g/mol. The molecule has 0 saturated heterocycles. The highest BCUT2D eigenvalue weighted by Gasteiger charge is 2.46. The molecule has 1 aromatic carbocycles. The number of nitrogens with two attached hydrogens (primary N) is 1. The van der Waals surface area contributed by atoms with Gasteiger partial charge < -0.3 is 15.6 Å². The number of fused-ring (bicyclic) bond motifs is 1. The Balaban J connectivity index is 2.48. The molecule has 0 aliphatic carbocycles. The summed E-state index contributed by atoms with van der Waals surface area (Å²) in [6.45, 7) is 3.49. The Morgan fingerprint density at radius 3 is 2.81 bits per heavy atom. The van der Waals surface area contributed by atoms with Gasteiger partial charge in [-0.25, -0.2) is 0 Å². The summed E-state index contributed by atoms with van der Waals surface area (Å²) in [4.78, 5) is 0. The summed E-state index contributed by atoms with van der Waals surface area (Å²) in [5.41, 5.74) is 4.85. The molecule has 0 bridgehead atoms. The van der Waals surface area contributed by atoms with Gasteiger partial charge in [0.25, 0.3) is 0 Å². The van der Waals surface area contributed by atoms with Crippen LogP contribution in [0.25, 0.3) is 0 Å². The molecule has 4 heteroatoms. The number of hydrogen-bond acceptors (Lipinski definition) is 4. The molecule has 4 nitrogen and oxygen atoms in total. The van der Waals surface area contributed by atoms with Crippen LogP contribution < -0.4 is 10.5 Å². The van der Waals surface area contributed by atoms with Crippen molar-refractivity contribution < 1.29 is 9.84 Å². The topological polar surface area (TPSA) is 79.3 Å². The number of hydrogen-bond donors (Lipinski definition) is 2. The molecule has 0 radical (unpaired) electrons. The number of ether oxygens (including phenoxy) is 1. The molecule has 16 heavy (non-hydrogen) atoms. The van der Waals surface area contributed by atoms with Crippen LogP contribution >= 0.6 is 0 Å². The monoisotopic (exact) mass is 218 g/mol. The van der Waals surface area contributed by atoms with Crippen molar-refractivity contribution in [2.75, 3.05) is 0 Å². The zero-order valence-electron chi connectivity index (χ0n) is 9.32. The first kappa shape index (κ1) is 10.9. The molecule has 1 aliphatic heterocycles. The molecule has 84 valence electrons. The minimum absolute atomic E-state index is 0.283. The lowest BCUT2D eigenvalue weighted by molar-refractivity contribution is -0.123. The van der Waals surface area contributed by atoms with Crippen molar-refractivity contribution in [3.8, 4) is 11.8 Å². The van der Waals surface area contributed by atoms with Gasteiger partial charge in [-0.1, -0.05) is 0 Å². The molecule has 1 atom stereocenters. The normalized spacial score (nSPS) is 26.4. The lowest BCUT2D eigenvalue weighted by Gasteiger charge is -2.44. The zero-order chi connectivity index (χ0) is 12.0. The summed E-state index contributed by atoms with van der Waals surface area (Å²) in [5, 5.41) is 18.9. The first-order valence-corrected chi connectivity index (χ1v) is 5.09. The maximum Gasteiger partial charge on any atom is 0.157 e. The Morgan fingerprint density at radius 2 is 2.19 bits per heavy atom. The summed E-state index contributed by atoms with van der Waals surface area (Å²) in [5.74, 6) is 0.680. The van der Waals surface area contributed by atoms with E-state index in [1.54, 1.807) is 32.0 Å². The fourth-order valence-corrected chi connectivity index (χ4v) is 1.75. The number of nitriles is 1. The highest BCUT2D eigenvalue weighted by molar-refractivity contribution is 5.44. The molecular formula is C12H14N2O2. The summed E-state index contributed by atoms with van der Waals surface area (Å²) in [7, 11) is 0. The first-order valence-electron chi connectivity index (χ1n) is 5.09. The second-order valence-corrected chi connectivity index (χ2v) is 4.65. The SMILES string of the molecule is CC1(C)Oc2ccc(C#N)cc2CC1(N)O. The maximum atomic E-state index is 10.1. The molecule has 1 unspecified atom stereocenters. The van der Waals surface area contributed by atoms with Crippen LogP contribution in [0.15, 0.2) is 18.2 Å². The minimum Gasteiger partial charge on any atom is -0.483 e. The van der Waals surface area contributed by atoms with E-state index in [1.807, 2.05) is 6.07 Å². The van der Waals surface area contributed by atoms with Gasteiger partial charge in [-0.05, 0) is 37.6 Å². The third-order valence-electron chi connectivity index (χ3n) is 3.06. The van der Waals surface area contributed by atoms with E-state index >= 15 is 0 Å². The van der Waals surface area contributed by atoms with Crippen molar-refractivity contribution >= 4 is 0 Å². The smallest absolute Gasteiger partial charge is 0.157 e. The summed E-state index contributed by atoms with van der Waals surface area (Å²) in [6.07, 6.45) is 0.283. The Bertz CT molecular complexity index is 472. The fraction of sp³-hybridized carbons (Fsp3) is 0.417. The highest BCUT2D eigenvalue weighted by atomic mass is 16.5.